The van der Waals surface area contributed by atoms with E-state index in [0.717, 1.165) is 36.3 Å². The Morgan fingerprint density at radius 2 is 2.00 bits per heavy atom. The maximum Gasteiger partial charge on any atom is 0.410 e. The maximum atomic E-state index is 12.5. The van der Waals surface area contributed by atoms with Gasteiger partial charge in [0.15, 0.2) is 0 Å². The summed E-state index contributed by atoms with van der Waals surface area (Å²) in [5, 5.41) is 19.3. The minimum atomic E-state index is -0.607. The fourth-order valence-electron chi connectivity index (χ4n) is 5.17. The molecule has 1 amide bonds. The van der Waals surface area contributed by atoms with Gasteiger partial charge >= 0.3 is 6.09 Å². The fourth-order valence-corrected chi connectivity index (χ4v) is 5.79. The first-order valence-electron chi connectivity index (χ1n) is 12.7. The number of aromatic nitrogens is 4. The molecule has 1 aliphatic heterocycles. The van der Waals surface area contributed by atoms with E-state index in [2.05, 4.69) is 29.9 Å². The molecule has 0 atom stereocenters. The van der Waals surface area contributed by atoms with Crippen molar-refractivity contribution in [2.45, 2.75) is 65.3 Å². The van der Waals surface area contributed by atoms with Gasteiger partial charge in [-0.25, -0.2) is 24.2 Å². The third-order valence-electron chi connectivity index (χ3n) is 7.10. The van der Waals surface area contributed by atoms with Gasteiger partial charge in [-0.15, -0.1) is 0 Å². The molecule has 1 spiro atoms. The van der Waals surface area contributed by atoms with Crippen molar-refractivity contribution in [3.63, 3.8) is 0 Å². The Morgan fingerprint density at radius 3 is 2.62 bits per heavy atom. The van der Waals surface area contributed by atoms with E-state index in [-0.39, 0.29) is 17.6 Å². The summed E-state index contributed by atoms with van der Waals surface area (Å²) in [6.07, 6.45) is 11.1. The van der Waals surface area contributed by atoms with E-state index in [1.54, 1.807) is 9.36 Å². The summed E-state index contributed by atoms with van der Waals surface area (Å²) in [7, 11) is -0.607. The third kappa shape index (κ3) is 6.07. The molecule has 10 nitrogen and oxygen atoms in total. The zero-order chi connectivity index (χ0) is 27.2. The second kappa shape index (κ2) is 9.87. The van der Waals surface area contributed by atoms with Gasteiger partial charge in [-0.2, -0.15) is 15.5 Å². The summed E-state index contributed by atoms with van der Waals surface area (Å²) in [5.74, 6) is 1.42. The molecule has 2 aromatic heterocycles. The number of hydrogen-bond donors (Lipinski definition) is 1. The Labute approximate surface area is 221 Å². The van der Waals surface area contributed by atoms with Crippen molar-refractivity contribution in [2.75, 3.05) is 50.0 Å². The molecule has 37 heavy (non-hydrogen) atoms. The zero-order valence-corrected chi connectivity index (χ0v) is 24.0. The smallest absolute Gasteiger partial charge is 0.410 e. The van der Waals surface area contributed by atoms with Crippen LogP contribution in [0.3, 0.4) is 0 Å². The number of carbonyl (C=O) groups excluding carboxylic acids is 1. The number of nitrogens with two attached hydrogens (primary N) is 1. The Hall–Kier alpha value is -2.71. The first kappa shape index (κ1) is 27.3. The van der Waals surface area contributed by atoms with Gasteiger partial charge in [0.1, 0.15) is 35.5 Å². The van der Waals surface area contributed by atoms with Crippen LogP contribution in [0.25, 0.3) is 11.3 Å². The summed E-state index contributed by atoms with van der Waals surface area (Å²) in [4.78, 5) is 14.3. The average Bonchev–Trinajstić information content (AvgIpc) is 3.43. The molecule has 1 saturated heterocycles. The molecule has 2 aromatic rings. The summed E-state index contributed by atoms with van der Waals surface area (Å²) in [6, 6.07) is 2.35. The highest BCUT2D eigenvalue weighted by molar-refractivity contribution is 8.32. The van der Waals surface area contributed by atoms with Gasteiger partial charge in [-0.3, -0.25) is 0 Å². The highest BCUT2D eigenvalue weighted by Crippen LogP contribution is 2.55. The van der Waals surface area contributed by atoms with E-state index in [1.165, 1.54) is 0 Å². The van der Waals surface area contributed by atoms with Crippen LogP contribution >= 0.6 is 10.0 Å². The molecule has 204 valence electrons. The molecule has 11 heteroatoms. The van der Waals surface area contributed by atoms with Gasteiger partial charge in [-0.1, -0.05) is 0 Å². The van der Waals surface area contributed by atoms with E-state index in [0.29, 0.717) is 43.5 Å². The average molecular weight is 532 g/mol. The van der Waals surface area contributed by atoms with E-state index in [9.17, 15) is 10.1 Å². The predicted molar refractivity (Wildman–Crippen MR) is 147 cm³/mol. The Balaban J connectivity index is 1.43. The second-order valence-corrected chi connectivity index (χ2v) is 17.0. The number of amides is 1. The molecule has 2 fully saturated rings. The predicted octanol–water partition coefficient (Wildman–Crippen LogP) is 4.14. The van der Waals surface area contributed by atoms with Gasteiger partial charge in [0.2, 0.25) is 0 Å². The van der Waals surface area contributed by atoms with Crippen molar-refractivity contribution >= 4 is 21.9 Å². The normalized spacial score (nSPS) is 22.2. The summed E-state index contributed by atoms with van der Waals surface area (Å²) in [5.41, 5.74) is 8.49. The first-order valence-corrected chi connectivity index (χ1v) is 15.8. The van der Waals surface area contributed by atoms with Crippen molar-refractivity contribution in [1.29, 1.82) is 5.26 Å². The molecule has 2 aliphatic rings. The number of nitrogens with zero attached hydrogens (tertiary/aromatic N) is 6. The van der Waals surface area contributed by atoms with E-state index in [4.69, 9.17) is 20.3 Å². The van der Waals surface area contributed by atoms with Gasteiger partial charge in [0, 0.05) is 30.6 Å². The lowest BCUT2D eigenvalue weighted by Crippen LogP contribution is -2.43. The van der Waals surface area contributed by atoms with Crippen LogP contribution in [-0.2, 0) is 16.2 Å². The van der Waals surface area contributed by atoms with Crippen LogP contribution in [0.15, 0.2) is 6.20 Å². The van der Waals surface area contributed by atoms with Gasteiger partial charge in [0.05, 0.1) is 18.3 Å². The maximum absolute atomic E-state index is 12.5. The summed E-state index contributed by atoms with van der Waals surface area (Å²) < 4.78 is 14.9. The zero-order valence-electron chi connectivity index (χ0n) is 23.2. The summed E-state index contributed by atoms with van der Waals surface area (Å²) in [6.45, 7) is 9.97. The summed E-state index contributed by atoms with van der Waals surface area (Å²) >= 11 is 0. The van der Waals surface area contributed by atoms with Gasteiger partial charge in [-0.05, 0) is 71.1 Å². The molecule has 1 aliphatic carbocycles. The Kier molecular flexibility index (Phi) is 7.29. The highest BCUT2D eigenvalue weighted by Gasteiger charge is 2.51. The number of likely N-dealkylation sites (tertiary alicyclic amines) is 1. The molecule has 1 saturated carbocycles. The van der Waals surface area contributed by atoms with Crippen LogP contribution in [0.5, 0.6) is 0 Å². The van der Waals surface area contributed by atoms with Crippen LogP contribution in [-0.4, -0.2) is 80.4 Å². The van der Waals surface area contributed by atoms with E-state index >= 15 is 0 Å². The van der Waals surface area contributed by atoms with Crippen LogP contribution in [0.1, 0.15) is 57.3 Å². The Bertz CT molecular complexity index is 1190. The highest BCUT2D eigenvalue weighted by atomic mass is 32.3. The van der Waals surface area contributed by atoms with Crippen molar-refractivity contribution < 1.29 is 14.3 Å². The minimum Gasteiger partial charge on any atom is -0.444 e. The minimum absolute atomic E-state index is 0.0554. The van der Waals surface area contributed by atoms with Crippen molar-refractivity contribution in [3.05, 3.63) is 17.5 Å². The molecule has 4 rings (SSSR count). The lowest BCUT2D eigenvalue weighted by Gasteiger charge is -2.45. The largest absolute Gasteiger partial charge is 0.444 e. The number of hydrogen-bond acceptors (Lipinski definition) is 7. The standard InChI is InChI=1S/C26H41N7O3S/c1-18-21(15-32(29-18)17-35-10-11-37(5,6)7)22-20(14-27)23(28)33(30-22)19-12-26(13-19)8-9-31(16-26)24(34)36-25(2,3)4/h15,19H,8-13,16-17,28H2,1-7H3/t19-,26-. The number of nitriles is 1. The molecular formula is C26H41N7O3S. The number of anilines is 1. The quantitative estimate of drug-likeness (QED) is 0.533. The Morgan fingerprint density at radius 1 is 1.30 bits per heavy atom. The number of aryl methyl sites for hydroxylation is 1. The molecule has 2 N–H and O–H groups in total. The van der Waals surface area contributed by atoms with Crippen molar-refractivity contribution in [2.24, 2.45) is 5.41 Å². The van der Waals surface area contributed by atoms with Crippen LogP contribution in [0.4, 0.5) is 10.6 Å². The van der Waals surface area contributed by atoms with Gasteiger partial charge < -0.3 is 20.1 Å². The molecule has 0 unspecified atom stereocenters. The number of nitrogen functional groups attached to an aromatic ring is 1. The molecular weight excluding hydrogens is 490 g/mol. The van der Waals surface area contributed by atoms with E-state index in [1.807, 2.05) is 38.8 Å². The number of carbonyl (C=O) groups is 1. The molecule has 3 heterocycles. The van der Waals surface area contributed by atoms with Crippen LogP contribution < -0.4 is 5.73 Å². The lowest BCUT2D eigenvalue weighted by molar-refractivity contribution is 0.0188. The SMILES string of the molecule is Cc1nn(COCCS(C)(C)C)cc1-c1nn([C@H]2C[C@@]3(CCN(C(=O)OC(C)(C)C)C3)C2)c(N)c1C#N. The monoisotopic (exact) mass is 531 g/mol. The molecule has 0 radical (unpaired) electrons. The number of ether oxygens (including phenoxy) is 2. The van der Waals surface area contributed by atoms with E-state index < -0.39 is 15.6 Å². The number of rotatable bonds is 7. The topological polar surface area (TPSA) is 124 Å². The first-order chi connectivity index (χ1) is 17.2. The van der Waals surface area contributed by atoms with Crippen LogP contribution in [0, 0.1) is 23.7 Å². The molecule has 0 aromatic carbocycles. The lowest BCUT2D eigenvalue weighted by atomic mass is 9.65. The second-order valence-electron chi connectivity index (χ2n) is 12.4. The van der Waals surface area contributed by atoms with Gasteiger partial charge in [0.25, 0.3) is 0 Å². The van der Waals surface area contributed by atoms with Crippen LogP contribution in [0.2, 0.25) is 0 Å². The third-order valence-corrected chi connectivity index (χ3v) is 8.49. The van der Waals surface area contributed by atoms with Crippen molar-refractivity contribution in [1.82, 2.24) is 24.5 Å². The fraction of sp³-hybridized carbons (Fsp3) is 0.692. The molecule has 0 bridgehead atoms. The van der Waals surface area contributed by atoms with Crippen molar-refractivity contribution in [3.8, 4) is 17.3 Å².